The molecule has 0 spiro atoms. The molecule has 2 saturated heterocycles. The Morgan fingerprint density at radius 1 is 0.918 bits per heavy atom. The lowest BCUT2D eigenvalue weighted by Crippen LogP contribution is -2.46. The number of aliphatic hydroxyl groups is 1. The van der Waals surface area contributed by atoms with Crippen molar-refractivity contribution in [1.82, 2.24) is 38.8 Å². The number of aryl methyl sites for hydroxylation is 2. The van der Waals surface area contributed by atoms with E-state index in [1.807, 2.05) is 18.2 Å². The van der Waals surface area contributed by atoms with Crippen LogP contribution in [-0.4, -0.2) is 115 Å². The normalized spacial score (nSPS) is 21.1. The predicted octanol–water partition coefficient (Wildman–Crippen LogP) is 5.43. The molecule has 3 fully saturated rings. The number of piperazine rings is 1. The number of nitrogens with one attached hydrogen (secondary N) is 2. The molecule has 2 aromatic carbocycles. The number of hydrogen-bond acceptors (Lipinski definition) is 10. The van der Waals surface area contributed by atoms with Crippen LogP contribution in [0.1, 0.15) is 81.5 Å². The highest BCUT2D eigenvalue weighted by atomic mass is 19.3. The molecule has 2 aliphatic heterocycles. The van der Waals surface area contributed by atoms with Crippen LogP contribution in [0.25, 0.3) is 33.2 Å². The van der Waals surface area contributed by atoms with Crippen LogP contribution in [0.5, 0.6) is 0 Å². The van der Waals surface area contributed by atoms with Crippen LogP contribution in [0.2, 0.25) is 0 Å². The van der Waals surface area contributed by atoms with E-state index in [2.05, 4.69) is 60.4 Å². The van der Waals surface area contributed by atoms with Gasteiger partial charge in [0.2, 0.25) is 17.8 Å². The van der Waals surface area contributed by atoms with E-state index in [0.29, 0.717) is 30.8 Å². The zero-order valence-corrected chi connectivity index (χ0v) is 35.1. The number of amides is 2. The topological polar surface area (TPSA) is 152 Å². The fraction of sp³-hybridized carbons (Fsp3) is 0.533. The summed E-state index contributed by atoms with van der Waals surface area (Å²) in [6.45, 7) is 8.67. The molecule has 3 aromatic heterocycles. The minimum absolute atomic E-state index is 0.163. The van der Waals surface area contributed by atoms with Gasteiger partial charge in [-0.2, -0.15) is 4.98 Å². The lowest BCUT2D eigenvalue weighted by molar-refractivity contribution is -0.135. The fourth-order valence-electron chi connectivity index (χ4n) is 9.09. The van der Waals surface area contributed by atoms with Crippen LogP contribution >= 0.6 is 0 Å². The Kier molecular flexibility index (Phi) is 13.2. The SMILES string of the molecule is C[C@@H](Nc1ncc2c(-c3ccc(CN4CCN(CCCOCCCc5ccc6c(c5)n(C)c(=O)n6C5CCC(=O)NC5=O)CC4)cc3)cn(C3CCC(O)CC3)c2n1)C(F)F. The molecular formula is C45H57F2N9O5. The quantitative estimate of drug-likeness (QED) is 0.0868. The molecule has 0 bridgehead atoms. The number of imide groups is 1. The van der Waals surface area contributed by atoms with Gasteiger partial charge in [-0.3, -0.25) is 28.9 Å². The van der Waals surface area contributed by atoms with Gasteiger partial charge >= 0.3 is 5.69 Å². The average Bonchev–Trinajstić information content (AvgIpc) is 3.75. The third kappa shape index (κ3) is 9.72. The molecule has 3 N–H and O–H groups in total. The number of nitrogens with zero attached hydrogens (tertiary/aromatic N) is 7. The molecule has 2 atom stereocenters. The number of halogens is 2. The number of hydrogen-bond donors (Lipinski definition) is 3. The monoisotopic (exact) mass is 841 g/mol. The van der Waals surface area contributed by atoms with E-state index < -0.39 is 24.4 Å². The largest absolute Gasteiger partial charge is 0.393 e. The van der Waals surface area contributed by atoms with Gasteiger partial charge in [0, 0.05) is 95.3 Å². The summed E-state index contributed by atoms with van der Waals surface area (Å²) in [6, 6.07) is 13.0. The van der Waals surface area contributed by atoms with Crippen LogP contribution in [-0.2, 0) is 34.3 Å². The minimum Gasteiger partial charge on any atom is -0.393 e. The van der Waals surface area contributed by atoms with Gasteiger partial charge in [-0.05, 0) is 87.1 Å². The summed E-state index contributed by atoms with van der Waals surface area (Å²) in [7, 11) is 1.71. The van der Waals surface area contributed by atoms with Crippen LogP contribution < -0.4 is 16.3 Å². The summed E-state index contributed by atoms with van der Waals surface area (Å²) >= 11 is 0. The minimum atomic E-state index is -2.54. The van der Waals surface area contributed by atoms with Gasteiger partial charge in [0.25, 0.3) is 6.43 Å². The van der Waals surface area contributed by atoms with Crippen molar-refractivity contribution < 1.29 is 28.2 Å². The van der Waals surface area contributed by atoms with Crippen molar-refractivity contribution in [3.05, 3.63) is 76.5 Å². The van der Waals surface area contributed by atoms with Crippen molar-refractivity contribution in [1.29, 1.82) is 0 Å². The number of aromatic nitrogens is 5. The summed E-state index contributed by atoms with van der Waals surface area (Å²) in [5.41, 5.74) is 6.32. The highest BCUT2D eigenvalue weighted by Gasteiger charge is 2.31. The molecule has 14 nitrogen and oxygen atoms in total. The summed E-state index contributed by atoms with van der Waals surface area (Å²) in [6.07, 6.45) is 7.29. The van der Waals surface area contributed by atoms with Gasteiger partial charge in [0.1, 0.15) is 11.7 Å². The van der Waals surface area contributed by atoms with E-state index in [1.54, 1.807) is 17.8 Å². The van der Waals surface area contributed by atoms with Crippen molar-refractivity contribution in [2.24, 2.45) is 7.05 Å². The molecule has 0 radical (unpaired) electrons. The molecule has 16 heteroatoms. The maximum absolute atomic E-state index is 13.3. The van der Waals surface area contributed by atoms with Crippen LogP contribution in [0.15, 0.2) is 59.7 Å². The van der Waals surface area contributed by atoms with E-state index in [9.17, 15) is 28.3 Å². The second-order valence-electron chi connectivity index (χ2n) is 17.0. The standard InChI is InChI=1S/C45H57F2N9O5/c1-29(41(46)47)49-44-48-26-35-36(28-55(42(35)51-44)33-11-13-34(57)14-12-33)32-9-6-31(7-10-32)27-54-21-19-53(20-22-54)18-4-24-61-23-3-5-30-8-15-37-39(25-30)52(2)45(60)56(37)38-16-17-40(58)50-43(38)59/h6-10,15,25-26,28-29,33-34,38,41,57H,3-5,11-14,16-24,27H2,1-2H3,(H,48,49,51)(H,50,58,59)/t29-,33?,34?,38?/m1/s1. The first-order valence-electron chi connectivity index (χ1n) is 21.8. The maximum Gasteiger partial charge on any atom is 0.329 e. The number of carbonyl (C=O) groups excluding carboxylic acids is 2. The van der Waals surface area contributed by atoms with Gasteiger partial charge in [-0.15, -0.1) is 0 Å². The first-order valence-corrected chi connectivity index (χ1v) is 21.8. The number of ether oxygens (including phenoxy) is 1. The molecule has 1 aliphatic carbocycles. The molecule has 2 amide bonds. The summed E-state index contributed by atoms with van der Waals surface area (Å²) < 4.78 is 37.8. The Balaban J connectivity index is 0.773. The molecule has 5 aromatic rings. The van der Waals surface area contributed by atoms with E-state index in [1.165, 1.54) is 17.1 Å². The molecule has 326 valence electrons. The number of fused-ring (bicyclic) bond motifs is 2. The first kappa shape index (κ1) is 42.7. The zero-order chi connectivity index (χ0) is 42.6. The number of carbonyl (C=O) groups is 2. The van der Waals surface area contributed by atoms with E-state index in [-0.39, 0.29) is 36.1 Å². The summed E-state index contributed by atoms with van der Waals surface area (Å²) in [5.74, 6) is -0.550. The molecular weight excluding hydrogens is 785 g/mol. The van der Waals surface area contributed by atoms with Crippen molar-refractivity contribution in [3.8, 4) is 11.1 Å². The van der Waals surface area contributed by atoms with Gasteiger partial charge in [0.15, 0.2) is 0 Å². The van der Waals surface area contributed by atoms with Crippen molar-refractivity contribution in [3.63, 3.8) is 0 Å². The third-order valence-electron chi connectivity index (χ3n) is 12.7. The lowest BCUT2D eigenvalue weighted by Gasteiger charge is -2.34. The van der Waals surface area contributed by atoms with Crippen LogP contribution in [0.4, 0.5) is 14.7 Å². The number of aliphatic hydroxyl groups excluding tert-OH is 1. The number of anilines is 1. The Hall–Kier alpha value is -5.03. The number of imidazole rings is 1. The third-order valence-corrected chi connectivity index (χ3v) is 12.7. The Morgan fingerprint density at radius 3 is 2.38 bits per heavy atom. The van der Waals surface area contributed by atoms with Crippen molar-refractivity contribution in [2.45, 2.75) is 102 Å². The maximum atomic E-state index is 13.3. The average molecular weight is 842 g/mol. The second kappa shape index (κ2) is 18.9. The van der Waals surface area contributed by atoms with Crippen LogP contribution in [0.3, 0.4) is 0 Å². The van der Waals surface area contributed by atoms with E-state index >= 15 is 0 Å². The zero-order valence-electron chi connectivity index (χ0n) is 35.1. The fourth-order valence-corrected chi connectivity index (χ4v) is 9.09. The van der Waals surface area contributed by atoms with Crippen molar-refractivity contribution >= 4 is 39.8 Å². The molecule has 8 rings (SSSR count). The van der Waals surface area contributed by atoms with Crippen molar-refractivity contribution in [2.75, 3.05) is 51.3 Å². The lowest BCUT2D eigenvalue weighted by atomic mass is 9.93. The van der Waals surface area contributed by atoms with Crippen LogP contribution in [0, 0.1) is 0 Å². The smallest absolute Gasteiger partial charge is 0.329 e. The molecule has 61 heavy (non-hydrogen) atoms. The van der Waals surface area contributed by atoms with Gasteiger partial charge in [-0.25, -0.2) is 18.6 Å². The highest BCUT2D eigenvalue weighted by molar-refractivity contribution is 6.00. The van der Waals surface area contributed by atoms with E-state index in [4.69, 9.17) is 9.72 Å². The number of rotatable bonds is 16. The van der Waals surface area contributed by atoms with Gasteiger partial charge in [-0.1, -0.05) is 30.3 Å². The molecule has 3 aliphatic rings. The molecule has 1 unspecified atom stereocenters. The number of alkyl halides is 2. The van der Waals surface area contributed by atoms with Gasteiger partial charge in [0.05, 0.1) is 23.2 Å². The second-order valence-corrected chi connectivity index (χ2v) is 17.0. The Morgan fingerprint density at radius 2 is 1.64 bits per heavy atom. The first-order chi connectivity index (χ1) is 29.5. The molecule has 1 saturated carbocycles. The van der Waals surface area contributed by atoms with Gasteiger partial charge < -0.3 is 24.6 Å². The Bertz CT molecular complexity index is 2380. The van der Waals surface area contributed by atoms with E-state index in [0.717, 1.165) is 112 Å². The number of benzene rings is 2. The Labute approximate surface area is 353 Å². The highest BCUT2D eigenvalue weighted by Crippen LogP contribution is 2.37. The summed E-state index contributed by atoms with van der Waals surface area (Å²) in [4.78, 5) is 51.3. The molecule has 5 heterocycles. The predicted molar refractivity (Wildman–Crippen MR) is 230 cm³/mol. The summed E-state index contributed by atoms with van der Waals surface area (Å²) in [5, 5.41) is 16.1. The number of piperidine rings is 1.